The van der Waals surface area contributed by atoms with Gasteiger partial charge < -0.3 is 10.1 Å². The van der Waals surface area contributed by atoms with Crippen molar-refractivity contribution in [1.29, 1.82) is 0 Å². The summed E-state index contributed by atoms with van der Waals surface area (Å²) in [4.78, 5) is 19.9. The molecule has 1 aliphatic carbocycles. The minimum Gasteiger partial charge on any atom is -0.383 e. The van der Waals surface area contributed by atoms with Crippen molar-refractivity contribution in [3.63, 3.8) is 0 Å². The molecule has 2 aromatic heterocycles. The minimum absolute atomic E-state index is 0.110. The van der Waals surface area contributed by atoms with Gasteiger partial charge in [-0.05, 0) is 36.8 Å². The standard InChI is InChI=1S/C21H25N3O2S/c1-26-12-10-22-16-7-8-17-18(13-16)27-20-19(17)21(25)24(14-23-20)11-9-15-5-3-2-4-6-15/h2-6,14,16,22H,7-13H2,1H3. The first kappa shape index (κ1) is 18.3. The van der Waals surface area contributed by atoms with Crippen molar-refractivity contribution < 1.29 is 4.74 Å². The van der Waals surface area contributed by atoms with Gasteiger partial charge in [0.2, 0.25) is 0 Å². The van der Waals surface area contributed by atoms with E-state index < -0.39 is 0 Å². The highest BCUT2D eigenvalue weighted by molar-refractivity contribution is 7.18. The van der Waals surface area contributed by atoms with Gasteiger partial charge in [0, 0.05) is 31.1 Å². The second kappa shape index (κ2) is 8.33. The van der Waals surface area contributed by atoms with Gasteiger partial charge >= 0.3 is 0 Å². The summed E-state index contributed by atoms with van der Waals surface area (Å²) in [6.45, 7) is 2.26. The number of benzene rings is 1. The SMILES string of the molecule is COCCNC1CCc2c(sc3ncn(CCc4ccccc4)c(=O)c23)C1. The van der Waals surface area contributed by atoms with Crippen LogP contribution in [0.1, 0.15) is 22.4 Å². The van der Waals surface area contributed by atoms with Crippen LogP contribution in [0, 0.1) is 0 Å². The minimum atomic E-state index is 0.110. The fraction of sp³-hybridized carbons (Fsp3) is 0.429. The highest BCUT2D eigenvalue weighted by Crippen LogP contribution is 2.33. The van der Waals surface area contributed by atoms with Gasteiger partial charge in [0.25, 0.3) is 5.56 Å². The Hall–Kier alpha value is -2.02. The van der Waals surface area contributed by atoms with Crippen molar-refractivity contribution in [2.45, 2.75) is 38.3 Å². The van der Waals surface area contributed by atoms with Crippen molar-refractivity contribution >= 4 is 21.6 Å². The molecule has 1 aromatic carbocycles. The van der Waals surface area contributed by atoms with Crippen LogP contribution in [0.25, 0.3) is 10.2 Å². The summed E-state index contributed by atoms with van der Waals surface area (Å²) >= 11 is 1.68. The fourth-order valence-corrected chi connectivity index (χ4v) is 5.05. The molecule has 1 aliphatic rings. The topological polar surface area (TPSA) is 56.1 Å². The Labute approximate surface area is 163 Å². The van der Waals surface area contributed by atoms with Crippen LogP contribution in [-0.4, -0.2) is 35.9 Å². The molecule has 6 heteroatoms. The van der Waals surface area contributed by atoms with Gasteiger partial charge in [-0.2, -0.15) is 0 Å². The molecule has 3 aromatic rings. The largest absolute Gasteiger partial charge is 0.383 e. The first-order chi connectivity index (χ1) is 13.3. The molecule has 0 radical (unpaired) electrons. The molecule has 0 fully saturated rings. The molecule has 1 N–H and O–H groups in total. The van der Waals surface area contributed by atoms with E-state index in [9.17, 15) is 4.79 Å². The second-order valence-electron chi connectivity index (χ2n) is 7.05. The number of hydrogen-bond acceptors (Lipinski definition) is 5. The quantitative estimate of drug-likeness (QED) is 0.638. The number of thiophene rings is 1. The Kier molecular flexibility index (Phi) is 5.66. The maximum Gasteiger partial charge on any atom is 0.262 e. The summed E-state index contributed by atoms with van der Waals surface area (Å²) in [5.74, 6) is 0. The van der Waals surface area contributed by atoms with E-state index in [4.69, 9.17) is 4.74 Å². The number of hydrogen-bond donors (Lipinski definition) is 1. The number of aromatic nitrogens is 2. The third kappa shape index (κ3) is 3.98. The van der Waals surface area contributed by atoms with Gasteiger partial charge in [-0.3, -0.25) is 9.36 Å². The van der Waals surface area contributed by atoms with Crippen molar-refractivity contribution in [3.05, 3.63) is 63.0 Å². The van der Waals surface area contributed by atoms with Gasteiger partial charge in [0.15, 0.2) is 0 Å². The van der Waals surface area contributed by atoms with Gasteiger partial charge in [-0.25, -0.2) is 4.98 Å². The third-order valence-corrected chi connectivity index (χ3v) is 6.42. The first-order valence-corrected chi connectivity index (χ1v) is 10.3. The zero-order valence-electron chi connectivity index (χ0n) is 15.6. The van der Waals surface area contributed by atoms with Crippen molar-refractivity contribution in [2.24, 2.45) is 0 Å². The molecule has 0 saturated heterocycles. The highest BCUT2D eigenvalue weighted by atomic mass is 32.1. The molecule has 0 bridgehead atoms. The van der Waals surface area contributed by atoms with Crippen LogP contribution in [-0.2, 0) is 30.5 Å². The zero-order valence-corrected chi connectivity index (χ0v) is 16.4. The van der Waals surface area contributed by atoms with Crippen LogP contribution in [0.3, 0.4) is 0 Å². The lowest BCUT2D eigenvalue weighted by Crippen LogP contribution is -2.36. The van der Waals surface area contributed by atoms with Crippen molar-refractivity contribution in [3.8, 4) is 0 Å². The molecule has 27 heavy (non-hydrogen) atoms. The average Bonchev–Trinajstić information content (AvgIpc) is 3.07. The van der Waals surface area contributed by atoms with Crippen LogP contribution >= 0.6 is 11.3 Å². The summed E-state index contributed by atoms with van der Waals surface area (Å²) in [6, 6.07) is 10.7. The second-order valence-corrected chi connectivity index (χ2v) is 8.13. The van der Waals surface area contributed by atoms with E-state index >= 15 is 0 Å². The van der Waals surface area contributed by atoms with E-state index in [-0.39, 0.29) is 5.56 Å². The van der Waals surface area contributed by atoms with Crippen molar-refractivity contribution in [1.82, 2.24) is 14.9 Å². The number of fused-ring (bicyclic) bond motifs is 3. The number of nitrogens with zero attached hydrogens (tertiary/aromatic N) is 2. The molecule has 1 unspecified atom stereocenters. The van der Waals surface area contributed by atoms with Gasteiger partial charge in [-0.1, -0.05) is 30.3 Å². The van der Waals surface area contributed by atoms with Crippen LogP contribution < -0.4 is 10.9 Å². The Bertz CT molecular complexity index is 965. The molecule has 0 aliphatic heterocycles. The predicted octanol–water partition coefficient (Wildman–Crippen LogP) is 2.79. The molecule has 0 saturated carbocycles. The lowest BCUT2D eigenvalue weighted by molar-refractivity contribution is 0.194. The molecule has 2 heterocycles. The van der Waals surface area contributed by atoms with E-state index in [0.29, 0.717) is 12.6 Å². The van der Waals surface area contributed by atoms with Crippen molar-refractivity contribution in [2.75, 3.05) is 20.3 Å². The van der Waals surface area contributed by atoms with E-state index in [1.54, 1.807) is 29.3 Å². The lowest BCUT2D eigenvalue weighted by Gasteiger charge is -2.23. The Morgan fingerprint density at radius 2 is 2.19 bits per heavy atom. The first-order valence-electron chi connectivity index (χ1n) is 9.52. The number of rotatable bonds is 7. The van der Waals surface area contributed by atoms with Crippen LogP contribution in [0.15, 0.2) is 41.5 Å². The molecular weight excluding hydrogens is 358 g/mol. The molecule has 0 amide bonds. The van der Waals surface area contributed by atoms with Crippen LogP contribution in [0.5, 0.6) is 0 Å². The van der Waals surface area contributed by atoms with E-state index in [1.165, 1.54) is 16.0 Å². The summed E-state index contributed by atoms with van der Waals surface area (Å²) in [7, 11) is 1.72. The Morgan fingerprint density at radius 3 is 3.00 bits per heavy atom. The summed E-state index contributed by atoms with van der Waals surface area (Å²) in [5, 5.41) is 4.40. The van der Waals surface area contributed by atoms with E-state index in [0.717, 1.165) is 49.1 Å². The fourth-order valence-electron chi connectivity index (χ4n) is 3.79. The van der Waals surface area contributed by atoms with Crippen LogP contribution in [0.4, 0.5) is 0 Å². The number of methoxy groups -OCH3 is 1. The number of nitrogens with one attached hydrogen (secondary N) is 1. The molecule has 4 rings (SSSR count). The molecule has 0 spiro atoms. The maximum atomic E-state index is 13.1. The van der Waals surface area contributed by atoms with E-state index in [1.807, 2.05) is 18.2 Å². The maximum absolute atomic E-state index is 13.1. The van der Waals surface area contributed by atoms with Gasteiger partial charge in [-0.15, -0.1) is 11.3 Å². The normalized spacial score (nSPS) is 16.6. The summed E-state index contributed by atoms with van der Waals surface area (Å²) in [5.41, 5.74) is 2.58. The zero-order chi connectivity index (χ0) is 18.6. The highest BCUT2D eigenvalue weighted by Gasteiger charge is 2.24. The summed E-state index contributed by atoms with van der Waals surface area (Å²) in [6.07, 6.45) is 5.53. The van der Waals surface area contributed by atoms with Gasteiger partial charge in [0.1, 0.15) is 4.83 Å². The Balaban J connectivity index is 1.54. The monoisotopic (exact) mass is 383 g/mol. The number of ether oxygens (including phenoxy) is 1. The third-order valence-electron chi connectivity index (χ3n) is 5.26. The summed E-state index contributed by atoms with van der Waals surface area (Å²) < 4.78 is 6.89. The smallest absolute Gasteiger partial charge is 0.262 e. The van der Waals surface area contributed by atoms with Gasteiger partial charge in [0.05, 0.1) is 18.3 Å². The molecule has 5 nitrogen and oxygen atoms in total. The molecule has 142 valence electrons. The number of aryl methyl sites for hydroxylation is 3. The van der Waals surface area contributed by atoms with E-state index in [2.05, 4.69) is 22.4 Å². The predicted molar refractivity (Wildman–Crippen MR) is 110 cm³/mol. The van der Waals surface area contributed by atoms with Crippen LogP contribution in [0.2, 0.25) is 0 Å². The average molecular weight is 384 g/mol. The molecular formula is C21H25N3O2S. The lowest BCUT2D eigenvalue weighted by atomic mass is 9.93. The Morgan fingerprint density at radius 1 is 1.33 bits per heavy atom. The molecule has 1 atom stereocenters.